The lowest BCUT2D eigenvalue weighted by atomic mass is 10.1. The fourth-order valence-corrected chi connectivity index (χ4v) is 1.31. The van der Waals surface area contributed by atoms with Crippen molar-refractivity contribution in [1.29, 1.82) is 0 Å². The summed E-state index contributed by atoms with van der Waals surface area (Å²) in [5, 5.41) is 28.4. The van der Waals surface area contributed by atoms with Gasteiger partial charge in [-0.2, -0.15) is 13.2 Å². The molecule has 4 nitrogen and oxygen atoms in total. The lowest BCUT2D eigenvalue weighted by molar-refractivity contribution is -0.174. The van der Waals surface area contributed by atoms with Crippen molar-refractivity contribution in [3.63, 3.8) is 0 Å². The number of hydrogen-bond donors (Lipinski definition) is 4. The standard InChI is InChI=1S/C6H10F3NO3/c7-6(8,9)5-4(13)3(12)2(1-11)10-5/h2-5,10-13H,1H2/t2-,3-,4+,5+/m0/s1. The van der Waals surface area contributed by atoms with Crippen LogP contribution < -0.4 is 5.32 Å². The highest BCUT2D eigenvalue weighted by Gasteiger charge is 2.53. The molecule has 0 aromatic carbocycles. The molecule has 0 saturated carbocycles. The summed E-state index contributed by atoms with van der Waals surface area (Å²) < 4.78 is 36.2. The van der Waals surface area contributed by atoms with Gasteiger partial charge in [0.25, 0.3) is 0 Å². The van der Waals surface area contributed by atoms with Gasteiger partial charge in [0.2, 0.25) is 0 Å². The molecule has 0 bridgehead atoms. The predicted octanol–water partition coefficient (Wildman–Crippen LogP) is -1.40. The number of halogens is 3. The van der Waals surface area contributed by atoms with E-state index in [-0.39, 0.29) is 0 Å². The average molecular weight is 201 g/mol. The zero-order valence-corrected chi connectivity index (χ0v) is 6.49. The molecule has 0 aromatic rings. The van der Waals surface area contributed by atoms with E-state index in [9.17, 15) is 13.2 Å². The van der Waals surface area contributed by atoms with Crippen LogP contribution in [0.25, 0.3) is 0 Å². The highest BCUT2D eigenvalue weighted by Crippen LogP contribution is 2.29. The average Bonchev–Trinajstić information content (AvgIpc) is 2.28. The summed E-state index contributed by atoms with van der Waals surface area (Å²) in [5.41, 5.74) is 0. The summed E-state index contributed by atoms with van der Waals surface area (Å²) >= 11 is 0. The molecule has 0 radical (unpaired) electrons. The molecule has 1 rings (SSSR count). The highest BCUT2D eigenvalue weighted by molar-refractivity contribution is 5.00. The van der Waals surface area contributed by atoms with Crippen molar-refractivity contribution in [2.75, 3.05) is 6.61 Å². The molecule has 4 N–H and O–H groups in total. The fraction of sp³-hybridized carbons (Fsp3) is 1.00. The fourth-order valence-electron chi connectivity index (χ4n) is 1.31. The Kier molecular flexibility index (Phi) is 2.81. The Morgan fingerprint density at radius 1 is 1.15 bits per heavy atom. The van der Waals surface area contributed by atoms with E-state index in [4.69, 9.17) is 15.3 Å². The Morgan fingerprint density at radius 3 is 1.92 bits per heavy atom. The monoisotopic (exact) mass is 201 g/mol. The Hall–Kier alpha value is -0.370. The molecule has 1 fully saturated rings. The topological polar surface area (TPSA) is 72.7 Å². The molecule has 78 valence electrons. The maximum atomic E-state index is 12.1. The molecule has 1 heterocycles. The first-order chi connectivity index (χ1) is 5.88. The maximum absolute atomic E-state index is 12.1. The third kappa shape index (κ3) is 1.93. The van der Waals surface area contributed by atoms with Crippen molar-refractivity contribution in [2.45, 2.75) is 30.5 Å². The molecule has 1 aliphatic rings. The first kappa shape index (κ1) is 10.7. The summed E-state index contributed by atoms with van der Waals surface area (Å²) in [5.74, 6) is 0. The van der Waals surface area contributed by atoms with Crippen molar-refractivity contribution < 1.29 is 28.5 Å². The van der Waals surface area contributed by atoms with Gasteiger partial charge in [0, 0.05) is 0 Å². The lowest BCUT2D eigenvalue weighted by Gasteiger charge is -2.18. The number of nitrogens with one attached hydrogen (secondary N) is 1. The molecule has 1 saturated heterocycles. The number of alkyl halides is 3. The normalized spacial score (nSPS) is 41.1. The highest BCUT2D eigenvalue weighted by atomic mass is 19.4. The first-order valence-electron chi connectivity index (χ1n) is 3.67. The SMILES string of the molecule is OC[C@@H]1N[C@@H](C(F)(F)F)[C@H](O)[C@H]1O. The van der Waals surface area contributed by atoms with Crippen LogP contribution in [0.1, 0.15) is 0 Å². The van der Waals surface area contributed by atoms with Crippen LogP contribution in [0.2, 0.25) is 0 Å². The molecule has 4 atom stereocenters. The quantitative estimate of drug-likeness (QED) is 0.421. The summed E-state index contributed by atoms with van der Waals surface area (Å²) in [4.78, 5) is 0. The maximum Gasteiger partial charge on any atom is 0.406 e. The number of hydrogen-bond acceptors (Lipinski definition) is 4. The Labute approximate surface area is 72.0 Å². The van der Waals surface area contributed by atoms with Crippen LogP contribution >= 0.6 is 0 Å². The number of rotatable bonds is 1. The van der Waals surface area contributed by atoms with Crippen LogP contribution in [0.3, 0.4) is 0 Å². The zero-order chi connectivity index (χ0) is 10.2. The first-order valence-corrected chi connectivity index (χ1v) is 3.67. The largest absolute Gasteiger partial charge is 0.406 e. The third-order valence-electron chi connectivity index (χ3n) is 2.05. The van der Waals surface area contributed by atoms with Gasteiger partial charge in [-0.05, 0) is 0 Å². The van der Waals surface area contributed by atoms with Crippen molar-refractivity contribution in [1.82, 2.24) is 5.32 Å². The molecule has 1 aliphatic heterocycles. The molecule has 0 aliphatic carbocycles. The van der Waals surface area contributed by atoms with Gasteiger partial charge in [-0.15, -0.1) is 0 Å². The minimum Gasteiger partial charge on any atom is -0.395 e. The van der Waals surface area contributed by atoms with Gasteiger partial charge >= 0.3 is 6.18 Å². The van der Waals surface area contributed by atoms with Gasteiger partial charge < -0.3 is 15.3 Å². The zero-order valence-electron chi connectivity index (χ0n) is 6.49. The van der Waals surface area contributed by atoms with Crippen LogP contribution in [0.5, 0.6) is 0 Å². The van der Waals surface area contributed by atoms with Crippen molar-refractivity contribution >= 4 is 0 Å². The second-order valence-corrected chi connectivity index (χ2v) is 2.96. The van der Waals surface area contributed by atoms with Crippen molar-refractivity contribution in [2.24, 2.45) is 0 Å². The van der Waals surface area contributed by atoms with Crippen LogP contribution in [0.15, 0.2) is 0 Å². The van der Waals surface area contributed by atoms with Gasteiger partial charge in [0.15, 0.2) is 0 Å². The second kappa shape index (κ2) is 3.41. The van der Waals surface area contributed by atoms with E-state index in [1.54, 1.807) is 0 Å². The lowest BCUT2D eigenvalue weighted by Crippen LogP contribution is -2.46. The molecular weight excluding hydrogens is 191 g/mol. The van der Waals surface area contributed by atoms with Crippen molar-refractivity contribution in [3.8, 4) is 0 Å². The van der Waals surface area contributed by atoms with E-state index in [2.05, 4.69) is 0 Å². The molecule has 0 aromatic heterocycles. The third-order valence-corrected chi connectivity index (χ3v) is 2.05. The van der Waals surface area contributed by atoms with Crippen LogP contribution in [-0.4, -0.2) is 52.4 Å². The molecule has 13 heavy (non-hydrogen) atoms. The van der Waals surface area contributed by atoms with E-state index < -0.39 is 37.1 Å². The molecule has 0 unspecified atom stereocenters. The van der Waals surface area contributed by atoms with Gasteiger partial charge in [-0.3, -0.25) is 5.32 Å². The van der Waals surface area contributed by atoms with Crippen LogP contribution in [0, 0.1) is 0 Å². The van der Waals surface area contributed by atoms with Gasteiger partial charge in [0.1, 0.15) is 12.1 Å². The van der Waals surface area contributed by atoms with E-state index in [0.717, 1.165) is 0 Å². The molecule has 0 amide bonds. The van der Waals surface area contributed by atoms with Gasteiger partial charge in [-0.25, -0.2) is 0 Å². The molecule has 7 heteroatoms. The molecular formula is C6H10F3NO3. The molecule has 0 spiro atoms. The Balaban J connectivity index is 2.71. The minimum absolute atomic E-state index is 0.648. The van der Waals surface area contributed by atoms with E-state index in [0.29, 0.717) is 0 Å². The van der Waals surface area contributed by atoms with Crippen molar-refractivity contribution in [3.05, 3.63) is 0 Å². The van der Waals surface area contributed by atoms with E-state index in [1.165, 1.54) is 0 Å². The number of aliphatic hydroxyl groups is 3. The predicted molar refractivity (Wildman–Crippen MR) is 35.9 cm³/mol. The van der Waals surface area contributed by atoms with Crippen LogP contribution in [0.4, 0.5) is 13.2 Å². The summed E-state index contributed by atoms with van der Waals surface area (Å²) in [7, 11) is 0. The van der Waals surface area contributed by atoms with E-state index in [1.807, 2.05) is 5.32 Å². The van der Waals surface area contributed by atoms with Gasteiger partial charge in [-0.1, -0.05) is 0 Å². The van der Waals surface area contributed by atoms with E-state index >= 15 is 0 Å². The number of aliphatic hydroxyl groups excluding tert-OH is 3. The minimum atomic E-state index is -4.62. The summed E-state index contributed by atoms with van der Waals surface area (Å²) in [6.45, 7) is -0.648. The van der Waals surface area contributed by atoms with Gasteiger partial charge in [0.05, 0.1) is 18.8 Å². The Morgan fingerprint density at radius 2 is 1.69 bits per heavy atom. The smallest absolute Gasteiger partial charge is 0.395 e. The Bertz CT molecular complexity index is 186. The second-order valence-electron chi connectivity index (χ2n) is 2.96. The van der Waals surface area contributed by atoms with Crippen LogP contribution in [-0.2, 0) is 0 Å². The summed E-state index contributed by atoms with van der Waals surface area (Å²) in [6, 6.07) is -3.29. The summed E-state index contributed by atoms with van der Waals surface area (Å²) in [6.07, 6.45) is -8.13.